The number of benzene rings is 4. The van der Waals surface area contributed by atoms with E-state index < -0.39 is 30.1 Å². The Kier molecular flexibility index (Phi) is 15.7. The Morgan fingerprint density at radius 3 is 1.65 bits per heavy atom. The van der Waals surface area contributed by atoms with Gasteiger partial charge < -0.3 is 46.4 Å². The molecule has 0 aliphatic carbocycles. The number of carboxylic acids is 1. The second-order valence-electron chi connectivity index (χ2n) is 15.0. The van der Waals surface area contributed by atoms with Crippen molar-refractivity contribution in [2.24, 2.45) is 0 Å². The first-order chi connectivity index (χ1) is 30.2. The molecule has 2 aromatic heterocycles. The van der Waals surface area contributed by atoms with Gasteiger partial charge in [0.1, 0.15) is 17.5 Å². The Bertz CT molecular complexity index is 2510. The van der Waals surface area contributed by atoms with Gasteiger partial charge in [0.05, 0.1) is 56.0 Å². The number of nitrogens with zero attached hydrogens (tertiary/aromatic N) is 3. The minimum absolute atomic E-state index is 0.0245. The van der Waals surface area contributed by atoms with Crippen molar-refractivity contribution in [1.82, 2.24) is 30.8 Å². The monoisotopic (exact) mass is 892 g/mol. The molecule has 2 saturated heterocycles. The molecular formula is C46H48N6O9S2. The highest BCUT2D eigenvalue weighted by Crippen LogP contribution is 2.29. The maximum Gasteiger partial charge on any atom is 0.335 e. The molecule has 6 aromatic rings. The van der Waals surface area contributed by atoms with Crippen LogP contribution in [0.2, 0.25) is 0 Å². The number of carbonyl (C=O) groups is 4. The summed E-state index contributed by atoms with van der Waals surface area (Å²) in [7, 11) is 0. The Morgan fingerprint density at radius 1 is 0.698 bits per heavy atom. The number of phenols is 2. The molecule has 8 rings (SSSR count). The first kappa shape index (κ1) is 46.0. The van der Waals surface area contributed by atoms with E-state index in [1.54, 1.807) is 34.8 Å². The van der Waals surface area contributed by atoms with Gasteiger partial charge in [0, 0.05) is 38.2 Å². The van der Waals surface area contributed by atoms with Crippen molar-refractivity contribution < 1.29 is 44.7 Å². The number of thiazole rings is 2. The van der Waals surface area contributed by atoms with Crippen LogP contribution in [0.5, 0.6) is 11.5 Å². The molecule has 0 saturated carbocycles. The molecule has 0 spiro atoms. The standard InChI is InChI=1S/C23H23N3O4S.C16H19N3O2S.C7H6O3/c1-14-21(31-13-25-14)16-7-5-15(6-8-16)11-24-22(29)20-10-19(28)12-26(20)23(30)17-3-2-4-18(27)9-17;1-10-15(22-9-19-10)12-4-2-11(3-5-12)7-18-16(21)14-6-13(20)8-17-14;8-6-3-1-2-5(4-6)7(9)10/h2-9,13,19-20,27-28H,10-12H2,1H3,(H,24,29);2-5,9,13-14,17,20H,6-8H2,1H3,(H,18,21);1-4,8H,(H,9,10)/t19-,20+;13-,14+;/m11./s1. The van der Waals surface area contributed by atoms with Crippen molar-refractivity contribution in [2.45, 2.75) is 64.1 Å². The van der Waals surface area contributed by atoms with E-state index in [9.17, 15) is 34.5 Å². The maximum atomic E-state index is 12.8. The van der Waals surface area contributed by atoms with Crippen molar-refractivity contribution in [3.8, 4) is 32.4 Å². The first-order valence-corrected chi connectivity index (χ1v) is 21.8. The zero-order chi connectivity index (χ0) is 45.0. The number of β-amino-alcohol motifs (C(OH)–C–C–N with tert-alkyl or cyclic N) is 2. The average molecular weight is 893 g/mol. The normalized spacial score (nSPS) is 17.7. The molecule has 0 radical (unpaired) electrons. The predicted octanol–water partition coefficient (Wildman–Crippen LogP) is 5.26. The molecule has 2 aliphatic rings. The van der Waals surface area contributed by atoms with Crippen LogP contribution in [0.1, 0.15) is 56.1 Å². The number of aliphatic hydroxyl groups is 2. The van der Waals surface area contributed by atoms with Gasteiger partial charge in [-0.2, -0.15) is 0 Å². The summed E-state index contributed by atoms with van der Waals surface area (Å²) in [6.45, 7) is 5.36. The number of hydrogen-bond donors (Lipinski definition) is 8. The summed E-state index contributed by atoms with van der Waals surface area (Å²) in [4.78, 5) is 60.0. The number of carboxylic acid groups (broad SMARTS) is 1. The van der Waals surface area contributed by atoms with Crippen LogP contribution in [0.25, 0.3) is 20.9 Å². The molecule has 3 amide bonds. The van der Waals surface area contributed by atoms with E-state index in [1.807, 2.05) is 61.3 Å². The minimum atomic E-state index is -1.03. The summed E-state index contributed by atoms with van der Waals surface area (Å²) in [5.41, 5.74) is 10.3. The van der Waals surface area contributed by atoms with E-state index in [0.29, 0.717) is 26.1 Å². The molecule has 17 heteroatoms. The SMILES string of the molecule is Cc1ncsc1-c1ccc(CNC(=O)[C@@H]2C[C@@H](O)CN2)cc1.Cc1ncsc1-c1ccc(CNC(=O)[C@@H]2C[C@@H](O)CN2C(=O)c2cccc(O)c2)cc1.O=C(O)c1cccc(O)c1. The summed E-state index contributed by atoms with van der Waals surface area (Å²) in [6, 6.07) is 26.5. The number of carbonyl (C=O) groups excluding carboxylic acids is 3. The number of hydrogen-bond acceptors (Lipinski definition) is 13. The number of aromatic hydroxyl groups is 2. The van der Waals surface area contributed by atoms with E-state index in [0.717, 1.165) is 38.5 Å². The lowest BCUT2D eigenvalue weighted by Gasteiger charge is -2.24. The van der Waals surface area contributed by atoms with E-state index in [-0.39, 0.29) is 53.4 Å². The van der Waals surface area contributed by atoms with Crippen molar-refractivity contribution in [1.29, 1.82) is 0 Å². The van der Waals surface area contributed by atoms with E-state index >= 15 is 0 Å². The Balaban J connectivity index is 0.000000178. The minimum Gasteiger partial charge on any atom is -0.508 e. The number of rotatable bonds is 10. The van der Waals surface area contributed by atoms with Gasteiger partial charge in [0.25, 0.3) is 5.91 Å². The predicted molar refractivity (Wildman–Crippen MR) is 239 cm³/mol. The zero-order valence-corrected chi connectivity index (χ0v) is 36.1. The number of likely N-dealkylation sites (tertiary alicyclic amines) is 1. The van der Waals surface area contributed by atoms with Gasteiger partial charge >= 0.3 is 5.97 Å². The van der Waals surface area contributed by atoms with Gasteiger partial charge in [-0.15, -0.1) is 22.7 Å². The summed E-state index contributed by atoms with van der Waals surface area (Å²) in [5.74, 6) is -1.84. The Labute approximate surface area is 371 Å². The lowest BCUT2D eigenvalue weighted by Crippen LogP contribution is -2.45. The van der Waals surface area contributed by atoms with E-state index in [4.69, 9.17) is 10.2 Å². The average Bonchev–Trinajstić information content (AvgIpc) is 4.11. The highest BCUT2D eigenvalue weighted by molar-refractivity contribution is 7.13. The van der Waals surface area contributed by atoms with Gasteiger partial charge in [0.2, 0.25) is 11.8 Å². The van der Waals surface area contributed by atoms with Crippen LogP contribution in [0, 0.1) is 13.8 Å². The second kappa shape index (κ2) is 21.5. The molecule has 15 nitrogen and oxygen atoms in total. The third-order valence-electron chi connectivity index (χ3n) is 10.3. The van der Waals surface area contributed by atoms with Gasteiger partial charge in [-0.1, -0.05) is 60.7 Å². The van der Waals surface area contributed by atoms with E-state index in [1.165, 1.54) is 46.2 Å². The zero-order valence-electron chi connectivity index (χ0n) is 34.5. The van der Waals surface area contributed by atoms with Gasteiger partial charge in [-0.05, 0) is 78.9 Å². The second-order valence-corrected chi connectivity index (χ2v) is 16.7. The highest BCUT2D eigenvalue weighted by atomic mass is 32.1. The largest absolute Gasteiger partial charge is 0.508 e. The Morgan fingerprint density at radius 2 is 1.21 bits per heavy atom. The molecule has 2 aliphatic heterocycles. The van der Waals surface area contributed by atoms with Crippen molar-refractivity contribution in [2.75, 3.05) is 13.1 Å². The quantitative estimate of drug-likeness (QED) is 0.0880. The fourth-order valence-corrected chi connectivity index (χ4v) is 8.60. The fraction of sp³-hybridized carbons (Fsp3) is 0.261. The molecule has 8 N–H and O–H groups in total. The number of amides is 3. The highest BCUT2D eigenvalue weighted by Gasteiger charge is 2.39. The third-order valence-corrected chi connectivity index (χ3v) is 12.3. The molecule has 4 atom stereocenters. The number of aryl methyl sites for hydroxylation is 2. The number of phenolic OH excluding ortho intramolecular Hbond substituents is 2. The molecule has 0 unspecified atom stereocenters. The van der Waals surface area contributed by atoms with Crippen LogP contribution >= 0.6 is 22.7 Å². The fourth-order valence-electron chi connectivity index (χ4n) is 6.97. The van der Waals surface area contributed by atoms with Crippen LogP contribution in [0.4, 0.5) is 0 Å². The molecule has 0 bridgehead atoms. The van der Waals surface area contributed by atoms with Crippen molar-refractivity contribution >= 4 is 46.4 Å². The van der Waals surface area contributed by atoms with Crippen molar-refractivity contribution in [3.05, 3.63) is 142 Å². The molecule has 328 valence electrons. The van der Waals surface area contributed by atoms with Crippen molar-refractivity contribution in [3.63, 3.8) is 0 Å². The number of aromatic carboxylic acids is 1. The van der Waals surface area contributed by atoms with Gasteiger partial charge in [0.15, 0.2) is 0 Å². The maximum absolute atomic E-state index is 12.8. The first-order valence-electron chi connectivity index (χ1n) is 20.0. The van der Waals surface area contributed by atoms with E-state index in [2.05, 4.69) is 38.1 Å². The van der Waals surface area contributed by atoms with Gasteiger partial charge in [-0.25, -0.2) is 14.8 Å². The Hall–Kier alpha value is -6.50. The summed E-state index contributed by atoms with van der Waals surface area (Å²) >= 11 is 3.22. The molecule has 4 aromatic carbocycles. The van der Waals surface area contributed by atoms with Crippen LogP contribution in [0.15, 0.2) is 108 Å². The molecule has 4 heterocycles. The van der Waals surface area contributed by atoms with Crippen LogP contribution in [0.3, 0.4) is 0 Å². The number of nitrogens with one attached hydrogen (secondary N) is 3. The molecule has 2 fully saturated rings. The molecule has 63 heavy (non-hydrogen) atoms. The molecular weight excluding hydrogens is 845 g/mol. The summed E-state index contributed by atoms with van der Waals surface area (Å²) in [5, 5.41) is 55.1. The lowest BCUT2D eigenvalue weighted by atomic mass is 10.1. The van der Waals surface area contributed by atoms with Gasteiger partial charge in [-0.3, -0.25) is 14.4 Å². The third kappa shape index (κ3) is 12.6. The van der Waals surface area contributed by atoms with Crippen LogP contribution < -0.4 is 16.0 Å². The van der Waals surface area contributed by atoms with Crippen LogP contribution in [-0.2, 0) is 22.7 Å². The lowest BCUT2D eigenvalue weighted by molar-refractivity contribution is -0.125. The summed E-state index contributed by atoms with van der Waals surface area (Å²) < 4.78 is 0. The number of aromatic nitrogens is 2. The topological polar surface area (TPSA) is 235 Å². The smallest absolute Gasteiger partial charge is 0.335 e. The summed E-state index contributed by atoms with van der Waals surface area (Å²) in [6.07, 6.45) is -0.522. The van der Waals surface area contributed by atoms with Crippen LogP contribution in [-0.4, -0.2) is 101 Å². The number of aliphatic hydroxyl groups excluding tert-OH is 2.